The van der Waals surface area contributed by atoms with Crippen molar-refractivity contribution in [1.29, 1.82) is 0 Å². The molecule has 0 saturated carbocycles. The molecule has 1 saturated heterocycles. The summed E-state index contributed by atoms with van der Waals surface area (Å²) in [4.78, 5) is 17.1. The monoisotopic (exact) mass is 536 g/mol. The molecule has 202 valence electrons. The van der Waals surface area contributed by atoms with Gasteiger partial charge in [0.2, 0.25) is 0 Å². The smallest absolute Gasteiger partial charge is 0.410 e. The first-order valence-electron chi connectivity index (χ1n) is 12.8. The summed E-state index contributed by atoms with van der Waals surface area (Å²) in [6.45, 7) is 6.53. The second-order valence-corrected chi connectivity index (χ2v) is 12.2. The summed E-state index contributed by atoms with van der Waals surface area (Å²) in [5, 5.41) is 0. The Morgan fingerprint density at radius 3 is 1.66 bits per heavy atom. The summed E-state index contributed by atoms with van der Waals surface area (Å²) >= 11 is 0. The molecule has 0 radical (unpaired) electrons. The standard InChI is InChI=1S/C30H36N2O5S/c1-29(2,3)37-28(33)32-21-20-31(22-27(32)23-36-38(4,34)35)30(24-14-8-5-9-15-24,25-16-10-6-11-17-25)26-18-12-7-13-19-26/h5-19,27H,20-23H2,1-4H3. The van der Waals surface area contributed by atoms with Gasteiger partial charge in [0, 0.05) is 19.6 Å². The molecule has 0 N–H and O–H groups in total. The Bertz CT molecular complexity index is 1210. The van der Waals surface area contributed by atoms with Crippen molar-refractivity contribution in [2.75, 3.05) is 32.5 Å². The van der Waals surface area contributed by atoms with Crippen LogP contribution in [0.4, 0.5) is 4.79 Å². The van der Waals surface area contributed by atoms with Crippen molar-refractivity contribution in [1.82, 2.24) is 9.80 Å². The number of ether oxygens (including phenoxy) is 1. The lowest BCUT2D eigenvalue weighted by Crippen LogP contribution is -2.63. The normalized spacial score (nSPS) is 17.3. The van der Waals surface area contributed by atoms with Crippen LogP contribution in [0.25, 0.3) is 0 Å². The molecule has 0 aromatic heterocycles. The third-order valence-corrected chi connectivity index (χ3v) is 7.20. The lowest BCUT2D eigenvalue weighted by atomic mass is 9.75. The van der Waals surface area contributed by atoms with E-state index in [-0.39, 0.29) is 6.61 Å². The Labute approximate surface area is 226 Å². The molecule has 1 amide bonds. The molecule has 1 aliphatic heterocycles. The van der Waals surface area contributed by atoms with Crippen LogP contribution >= 0.6 is 0 Å². The number of benzene rings is 3. The van der Waals surface area contributed by atoms with Crippen LogP contribution in [-0.4, -0.2) is 68.5 Å². The number of nitrogens with zero attached hydrogens (tertiary/aromatic N) is 2. The van der Waals surface area contributed by atoms with Gasteiger partial charge in [-0.05, 0) is 37.5 Å². The second-order valence-electron chi connectivity index (χ2n) is 10.6. The topological polar surface area (TPSA) is 76.2 Å². The van der Waals surface area contributed by atoms with Crippen LogP contribution in [0.5, 0.6) is 0 Å². The summed E-state index contributed by atoms with van der Waals surface area (Å²) in [7, 11) is -3.71. The largest absolute Gasteiger partial charge is 0.444 e. The fourth-order valence-corrected chi connectivity index (χ4v) is 5.56. The van der Waals surface area contributed by atoms with Gasteiger partial charge in [-0.1, -0.05) is 91.0 Å². The van der Waals surface area contributed by atoms with Crippen molar-refractivity contribution >= 4 is 16.2 Å². The molecule has 3 aromatic carbocycles. The first-order chi connectivity index (χ1) is 18.0. The van der Waals surface area contributed by atoms with Gasteiger partial charge in [0.15, 0.2) is 0 Å². The number of piperazine rings is 1. The number of hydrogen-bond acceptors (Lipinski definition) is 6. The van der Waals surface area contributed by atoms with Gasteiger partial charge in [-0.25, -0.2) is 4.79 Å². The van der Waals surface area contributed by atoms with Crippen LogP contribution in [0.15, 0.2) is 91.0 Å². The summed E-state index contributed by atoms with van der Waals surface area (Å²) < 4.78 is 34.8. The summed E-state index contributed by atoms with van der Waals surface area (Å²) in [6, 6.07) is 30.3. The molecular formula is C30H36N2O5S. The van der Waals surface area contributed by atoms with Gasteiger partial charge in [0.05, 0.1) is 24.4 Å². The molecule has 1 unspecified atom stereocenters. The van der Waals surface area contributed by atoms with E-state index in [1.54, 1.807) is 4.90 Å². The quantitative estimate of drug-likeness (QED) is 0.317. The van der Waals surface area contributed by atoms with Crippen LogP contribution < -0.4 is 0 Å². The van der Waals surface area contributed by atoms with Crippen molar-refractivity contribution in [2.45, 2.75) is 38.0 Å². The highest BCUT2D eigenvalue weighted by molar-refractivity contribution is 7.85. The average Bonchev–Trinajstić information content (AvgIpc) is 2.88. The van der Waals surface area contributed by atoms with Crippen LogP contribution in [-0.2, 0) is 24.6 Å². The molecule has 0 bridgehead atoms. The summed E-state index contributed by atoms with van der Waals surface area (Å²) in [5.41, 5.74) is 1.86. The highest BCUT2D eigenvalue weighted by atomic mass is 32.2. The van der Waals surface area contributed by atoms with E-state index >= 15 is 0 Å². The first-order valence-corrected chi connectivity index (χ1v) is 14.6. The van der Waals surface area contributed by atoms with Crippen molar-refractivity contribution in [3.63, 3.8) is 0 Å². The lowest BCUT2D eigenvalue weighted by molar-refractivity contribution is -0.0213. The minimum absolute atomic E-state index is 0.164. The highest BCUT2D eigenvalue weighted by Gasteiger charge is 2.46. The van der Waals surface area contributed by atoms with E-state index in [0.29, 0.717) is 19.6 Å². The Morgan fingerprint density at radius 2 is 1.26 bits per heavy atom. The zero-order valence-electron chi connectivity index (χ0n) is 22.4. The van der Waals surface area contributed by atoms with Gasteiger partial charge in [-0.15, -0.1) is 0 Å². The molecular weight excluding hydrogens is 500 g/mol. The Balaban J connectivity index is 1.84. The maximum atomic E-state index is 13.2. The van der Waals surface area contributed by atoms with Crippen LogP contribution in [0.3, 0.4) is 0 Å². The first kappa shape index (κ1) is 27.8. The molecule has 1 fully saturated rings. The lowest BCUT2D eigenvalue weighted by Gasteiger charge is -2.51. The van der Waals surface area contributed by atoms with E-state index in [0.717, 1.165) is 22.9 Å². The average molecular weight is 537 g/mol. The van der Waals surface area contributed by atoms with Crippen LogP contribution in [0.2, 0.25) is 0 Å². The van der Waals surface area contributed by atoms with E-state index in [1.165, 1.54) is 0 Å². The molecule has 4 rings (SSSR count). The summed E-state index contributed by atoms with van der Waals surface area (Å²) in [6.07, 6.45) is 0.539. The number of carbonyl (C=O) groups excluding carboxylic acids is 1. The molecule has 38 heavy (non-hydrogen) atoms. The molecule has 0 aliphatic carbocycles. The fraction of sp³-hybridized carbons (Fsp3) is 0.367. The molecule has 8 heteroatoms. The van der Waals surface area contributed by atoms with E-state index in [4.69, 9.17) is 8.92 Å². The molecule has 3 aromatic rings. The van der Waals surface area contributed by atoms with E-state index < -0.39 is 33.4 Å². The molecule has 1 heterocycles. The van der Waals surface area contributed by atoms with Crippen LogP contribution in [0, 0.1) is 0 Å². The van der Waals surface area contributed by atoms with Gasteiger partial charge in [0.1, 0.15) is 5.60 Å². The van der Waals surface area contributed by atoms with Gasteiger partial charge in [-0.2, -0.15) is 8.42 Å². The molecule has 7 nitrogen and oxygen atoms in total. The fourth-order valence-electron chi connectivity index (χ4n) is 5.15. The van der Waals surface area contributed by atoms with Gasteiger partial charge in [0.25, 0.3) is 10.1 Å². The van der Waals surface area contributed by atoms with Gasteiger partial charge in [-0.3, -0.25) is 9.08 Å². The number of rotatable bonds is 7. The minimum atomic E-state index is -3.71. The highest BCUT2D eigenvalue weighted by Crippen LogP contribution is 2.43. The van der Waals surface area contributed by atoms with Gasteiger partial charge >= 0.3 is 6.09 Å². The molecule has 1 atom stereocenters. The number of hydrogen-bond donors (Lipinski definition) is 0. The maximum Gasteiger partial charge on any atom is 0.410 e. The zero-order chi connectivity index (χ0) is 27.4. The molecule has 0 spiro atoms. The second kappa shape index (κ2) is 11.3. The van der Waals surface area contributed by atoms with Crippen molar-refractivity contribution in [3.05, 3.63) is 108 Å². The number of amides is 1. The SMILES string of the molecule is CC(C)(C)OC(=O)N1CCN(C(c2ccccc2)(c2ccccc2)c2ccccc2)CC1COS(C)(=O)=O. The van der Waals surface area contributed by atoms with Gasteiger partial charge < -0.3 is 9.64 Å². The zero-order valence-corrected chi connectivity index (χ0v) is 23.2. The van der Waals surface area contributed by atoms with Crippen molar-refractivity contribution in [3.8, 4) is 0 Å². The third kappa shape index (κ3) is 6.26. The summed E-state index contributed by atoms with van der Waals surface area (Å²) in [5.74, 6) is 0. The predicted octanol–water partition coefficient (Wildman–Crippen LogP) is 4.88. The van der Waals surface area contributed by atoms with Crippen molar-refractivity contribution in [2.24, 2.45) is 0 Å². The van der Waals surface area contributed by atoms with E-state index in [2.05, 4.69) is 41.3 Å². The predicted molar refractivity (Wildman–Crippen MR) is 148 cm³/mol. The number of carbonyl (C=O) groups is 1. The molecule has 1 aliphatic rings. The third-order valence-electron chi connectivity index (χ3n) is 6.63. The van der Waals surface area contributed by atoms with Crippen molar-refractivity contribution < 1.29 is 22.1 Å². The maximum absolute atomic E-state index is 13.2. The Morgan fingerprint density at radius 1 is 0.816 bits per heavy atom. The van der Waals surface area contributed by atoms with Crippen LogP contribution in [0.1, 0.15) is 37.5 Å². The Kier molecular flexibility index (Phi) is 8.25. The minimum Gasteiger partial charge on any atom is -0.444 e. The van der Waals surface area contributed by atoms with E-state index in [1.807, 2.05) is 75.4 Å². The Hall–Kier alpha value is -3.20. The van der Waals surface area contributed by atoms with E-state index in [9.17, 15) is 13.2 Å².